The van der Waals surface area contributed by atoms with Crippen LogP contribution < -0.4 is 0 Å². The van der Waals surface area contributed by atoms with Gasteiger partial charge in [0.1, 0.15) is 5.82 Å². The van der Waals surface area contributed by atoms with E-state index in [2.05, 4.69) is 20.9 Å². The van der Waals surface area contributed by atoms with E-state index < -0.39 is 11.8 Å². The van der Waals surface area contributed by atoms with Gasteiger partial charge in [-0.05, 0) is 18.2 Å². The van der Waals surface area contributed by atoms with Crippen LogP contribution in [0.5, 0.6) is 0 Å². The first-order chi connectivity index (χ1) is 10.6. The topological polar surface area (TPSA) is 50.2 Å². The molecule has 0 fully saturated rings. The van der Waals surface area contributed by atoms with Gasteiger partial charge in [0.05, 0.1) is 16.8 Å². The Kier molecular flexibility index (Phi) is 3.90. The molecule has 3 rings (SSSR count). The van der Waals surface area contributed by atoms with E-state index in [-0.39, 0.29) is 10.9 Å². The Hall–Kier alpha value is -2.27. The van der Waals surface area contributed by atoms with E-state index in [4.69, 9.17) is 0 Å². The van der Waals surface area contributed by atoms with Crippen molar-refractivity contribution in [1.29, 1.82) is 0 Å². The molecule has 1 N–H and O–H groups in total. The summed E-state index contributed by atoms with van der Waals surface area (Å²) < 4.78 is 14.1. The molecule has 2 aromatic carbocycles. The molecule has 0 saturated carbocycles. The standard InChI is InChI=1S/C17H11BrFNO2/c18-9-12-15(17(21)22)11-6-2-4-8-14(11)20-16(12)10-5-1-3-7-13(10)19/h1-8H,9H2,(H,21,22). The zero-order chi connectivity index (χ0) is 15.7. The van der Waals surface area contributed by atoms with Gasteiger partial charge in [0.25, 0.3) is 0 Å². The highest BCUT2D eigenvalue weighted by Crippen LogP contribution is 2.32. The van der Waals surface area contributed by atoms with E-state index in [1.165, 1.54) is 6.07 Å². The molecule has 0 bridgehead atoms. The van der Waals surface area contributed by atoms with E-state index in [1.807, 2.05) is 0 Å². The molecule has 0 atom stereocenters. The van der Waals surface area contributed by atoms with Crippen molar-refractivity contribution >= 4 is 32.8 Å². The summed E-state index contributed by atoms with van der Waals surface area (Å²) in [7, 11) is 0. The zero-order valence-corrected chi connectivity index (χ0v) is 13.0. The number of carboxylic acids is 1. The summed E-state index contributed by atoms with van der Waals surface area (Å²) in [4.78, 5) is 16.2. The molecule has 1 heterocycles. The molecule has 3 aromatic rings. The first kappa shape index (κ1) is 14.7. The number of benzene rings is 2. The monoisotopic (exact) mass is 359 g/mol. The highest BCUT2D eigenvalue weighted by molar-refractivity contribution is 9.08. The molecular formula is C17H11BrFNO2. The van der Waals surface area contributed by atoms with Crippen LogP contribution in [0, 0.1) is 5.82 Å². The van der Waals surface area contributed by atoms with Crippen molar-refractivity contribution < 1.29 is 14.3 Å². The van der Waals surface area contributed by atoms with Crippen LogP contribution in [0.15, 0.2) is 48.5 Å². The molecule has 1 aromatic heterocycles. The number of hydrogen-bond donors (Lipinski definition) is 1. The fourth-order valence-corrected chi connectivity index (χ4v) is 3.05. The maximum absolute atomic E-state index is 14.1. The summed E-state index contributed by atoms with van der Waals surface area (Å²) in [6.45, 7) is 0. The summed E-state index contributed by atoms with van der Waals surface area (Å²) >= 11 is 3.31. The molecule has 0 amide bonds. The van der Waals surface area contributed by atoms with Crippen LogP contribution in [-0.2, 0) is 5.33 Å². The van der Waals surface area contributed by atoms with Gasteiger partial charge in [-0.3, -0.25) is 0 Å². The number of halogens is 2. The van der Waals surface area contributed by atoms with Crippen molar-refractivity contribution in [2.24, 2.45) is 0 Å². The Balaban J connectivity index is 2.45. The smallest absolute Gasteiger partial charge is 0.336 e. The SMILES string of the molecule is O=C(O)c1c(CBr)c(-c2ccccc2F)nc2ccccc12. The van der Waals surface area contributed by atoms with E-state index in [9.17, 15) is 14.3 Å². The molecule has 0 saturated heterocycles. The lowest BCUT2D eigenvalue weighted by Crippen LogP contribution is -2.07. The Labute approximate surface area is 134 Å². The fraction of sp³-hybridized carbons (Fsp3) is 0.0588. The quantitative estimate of drug-likeness (QED) is 0.693. The predicted octanol–water partition coefficient (Wildman–Crippen LogP) is 4.63. The minimum atomic E-state index is -1.05. The third-order valence-corrected chi connectivity index (χ3v) is 4.03. The van der Waals surface area contributed by atoms with Gasteiger partial charge in [0.15, 0.2) is 0 Å². The maximum Gasteiger partial charge on any atom is 0.336 e. The highest BCUT2D eigenvalue weighted by atomic mass is 79.9. The normalized spacial score (nSPS) is 10.8. The number of aromatic carboxylic acids is 1. The number of hydrogen-bond acceptors (Lipinski definition) is 2. The van der Waals surface area contributed by atoms with Crippen LogP contribution in [0.2, 0.25) is 0 Å². The summed E-state index contributed by atoms with van der Waals surface area (Å²) in [5, 5.41) is 10.4. The minimum Gasteiger partial charge on any atom is -0.478 e. The number of alkyl halides is 1. The lowest BCUT2D eigenvalue weighted by atomic mass is 9.97. The number of carboxylic acid groups (broad SMARTS) is 1. The number of carbonyl (C=O) groups is 1. The van der Waals surface area contributed by atoms with Crippen LogP contribution in [0.1, 0.15) is 15.9 Å². The average Bonchev–Trinajstić information content (AvgIpc) is 2.53. The molecule has 0 aliphatic carbocycles. The van der Waals surface area contributed by atoms with E-state index in [0.29, 0.717) is 27.7 Å². The van der Waals surface area contributed by atoms with Crippen LogP contribution in [0.3, 0.4) is 0 Å². The van der Waals surface area contributed by atoms with Crippen molar-refractivity contribution in [3.63, 3.8) is 0 Å². The largest absolute Gasteiger partial charge is 0.478 e. The Morgan fingerprint density at radius 1 is 1.14 bits per heavy atom. The van der Waals surface area contributed by atoms with Gasteiger partial charge in [-0.25, -0.2) is 14.2 Å². The molecule has 110 valence electrons. The summed E-state index contributed by atoms with van der Waals surface area (Å²) in [6, 6.07) is 13.2. The molecule has 22 heavy (non-hydrogen) atoms. The molecule has 0 aliphatic rings. The van der Waals surface area contributed by atoms with Crippen molar-refractivity contribution in [3.8, 4) is 11.3 Å². The second kappa shape index (κ2) is 5.85. The second-order valence-corrected chi connectivity index (χ2v) is 5.31. The zero-order valence-electron chi connectivity index (χ0n) is 11.4. The van der Waals surface area contributed by atoms with Gasteiger partial charge >= 0.3 is 5.97 Å². The van der Waals surface area contributed by atoms with Crippen LogP contribution >= 0.6 is 15.9 Å². The summed E-state index contributed by atoms with van der Waals surface area (Å²) in [5.74, 6) is -1.48. The Bertz CT molecular complexity index is 880. The van der Waals surface area contributed by atoms with Crippen LogP contribution in [-0.4, -0.2) is 16.1 Å². The van der Waals surface area contributed by atoms with E-state index >= 15 is 0 Å². The fourth-order valence-electron chi connectivity index (χ4n) is 2.50. The third-order valence-electron chi connectivity index (χ3n) is 3.47. The lowest BCUT2D eigenvalue weighted by Gasteiger charge is -2.13. The third kappa shape index (κ3) is 2.37. The Morgan fingerprint density at radius 2 is 1.82 bits per heavy atom. The highest BCUT2D eigenvalue weighted by Gasteiger charge is 2.21. The summed E-state index contributed by atoms with van der Waals surface area (Å²) in [6.07, 6.45) is 0. The number of nitrogens with zero attached hydrogens (tertiary/aromatic N) is 1. The minimum absolute atomic E-state index is 0.153. The number of pyridine rings is 1. The van der Waals surface area contributed by atoms with Gasteiger partial charge < -0.3 is 5.11 Å². The molecule has 0 radical (unpaired) electrons. The van der Waals surface area contributed by atoms with Gasteiger partial charge in [-0.2, -0.15) is 0 Å². The van der Waals surface area contributed by atoms with Crippen molar-refractivity contribution in [2.75, 3.05) is 0 Å². The molecule has 3 nitrogen and oxygen atoms in total. The molecule has 0 aliphatic heterocycles. The van der Waals surface area contributed by atoms with E-state index in [1.54, 1.807) is 42.5 Å². The van der Waals surface area contributed by atoms with Crippen molar-refractivity contribution in [3.05, 3.63) is 65.5 Å². The van der Waals surface area contributed by atoms with Crippen molar-refractivity contribution in [2.45, 2.75) is 5.33 Å². The molecule has 5 heteroatoms. The second-order valence-electron chi connectivity index (χ2n) is 4.75. The first-order valence-electron chi connectivity index (χ1n) is 6.59. The van der Waals surface area contributed by atoms with E-state index in [0.717, 1.165) is 0 Å². The number of rotatable bonds is 3. The molecular weight excluding hydrogens is 349 g/mol. The van der Waals surface area contributed by atoms with Gasteiger partial charge in [0.2, 0.25) is 0 Å². The summed E-state index contributed by atoms with van der Waals surface area (Å²) in [5.41, 5.74) is 1.80. The average molecular weight is 360 g/mol. The number of fused-ring (bicyclic) bond motifs is 1. The van der Waals surface area contributed by atoms with Gasteiger partial charge in [-0.15, -0.1) is 0 Å². The number of para-hydroxylation sites is 1. The van der Waals surface area contributed by atoms with Crippen LogP contribution in [0.25, 0.3) is 22.2 Å². The van der Waals surface area contributed by atoms with Crippen LogP contribution in [0.4, 0.5) is 4.39 Å². The maximum atomic E-state index is 14.1. The predicted molar refractivity (Wildman–Crippen MR) is 86.7 cm³/mol. The molecule has 0 spiro atoms. The van der Waals surface area contributed by atoms with Gasteiger partial charge in [-0.1, -0.05) is 46.3 Å². The van der Waals surface area contributed by atoms with Crippen molar-refractivity contribution in [1.82, 2.24) is 4.98 Å². The first-order valence-corrected chi connectivity index (χ1v) is 7.71. The Morgan fingerprint density at radius 3 is 2.50 bits per heavy atom. The number of aromatic nitrogens is 1. The lowest BCUT2D eigenvalue weighted by molar-refractivity contribution is 0.0698. The van der Waals surface area contributed by atoms with Gasteiger partial charge in [0, 0.05) is 21.8 Å². The molecule has 0 unspecified atom stereocenters.